The number of likely N-dealkylation sites (N-methyl/N-ethyl adjacent to an activating group) is 1. The normalized spacial score (nSPS) is 24.1. The number of halogens is 1. The van der Waals surface area contributed by atoms with Crippen molar-refractivity contribution in [1.29, 1.82) is 0 Å². The molecular formula is C24H24ClN3O2. The molecule has 1 atom stereocenters. The van der Waals surface area contributed by atoms with Crippen LogP contribution in [0.3, 0.4) is 0 Å². The first-order valence-corrected chi connectivity index (χ1v) is 10.7. The number of carbonyl (C=O) groups excluding carboxylic acids is 2. The SMILES string of the molecule is CCN1C(=O)C2(Nc3ccccc3NC3=C2C(=O)C(C)(C)CC3)c2cc(Cl)ccc21. The van der Waals surface area contributed by atoms with E-state index < -0.39 is 11.0 Å². The molecule has 2 aromatic rings. The summed E-state index contributed by atoms with van der Waals surface area (Å²) >= 11 is 6.40. The van der Waals surface area contributed by atoms with Gasteiger partial charge < -0.3 is 15.5 Å². The molecule has 0 radical (unpaired) electrons. The van der Waals surface area contributed by atoms with Crippen molar-refractivity contribution in [3.8, 4) is 0 Å². The number of hydrogen-bond acceptors (Lipinski definition) is 4. The van der Waals surface area contributed by atoms with Crippen LogP contribution in [0.15, 0.2) is 53.7 Å². The molecule has 0 bridgehead atoms. The summed E-state index contributed by atoms with van der Waals surface area (Å²) < 4.78 is 0. The third kappa shape index (κ3) is 2.42. The third-order valence-electron chi connectivity index (χ3n) is 6.59. The Labute approximate surface area is 181 Å². The van der Waals surface area contributed by atoms with E-state index in [2.05, 4.69) is 10.6 Å². The van der Waals surface area contributed by atoms with Crippen molar-refractivity contribution >= 4 is 40.4 Å². The monoisotopic (exact) mass is 421 g/mol. The van der Waals surface area contributed by atoms with Crippen LogP contribution in [0, 0.1) is 5.41 Å². The fourth-order valence-electron chi connectivity index (χ4n) is 4.95. The predicted octanol–water partition coefficient (Wildman–Crippen LogP) is 5.08. The number of amides is 1. The second-order valence-electron chi connectivity index (χ2n) is 8.82. The van der Waals surface area contributed by atoms with Crippen LogP contribution in [-0.4, -0.2) is 18.2 Å². The number of anilines is 3. The molecule has 154 valence electrons. The molecule has 2 aromatic carbocycles. The van der Waals surface area contributed by atoms with E-state index in [9.17, 15) is 9.59 Å². The van der Waals surface area contributed by atoms with E-state index in [0.29, 0.717) is 23.6 Å². The van der Waals surface area contributed by atoms with Gasteiger partial charge >= 0.3 is 0 Å². The molecule has 5 rings (SSSR count). The van der Waals surface area contributed by atoms with Gasteiger partial charge in [0, 0.05) is 28.2 Å². The molecule has 1 aliphatic carbocycles. The van der Waals surface area contributed by atoms with Crippen molar-refractivity contribution in [2.24, 2.45) is 5.41 Å². The van der Waals surface area contributed by atoms with Crippen molar-refractivity contribution in [1.82, 2.24) is 0 Å². The smallest absolute Gasteiger partial charge is 0.262 e. The fraction of sp³-hybridized carbons (Fsp3) is 0.333. The maximum absolute atomic E-state index is 14.1. The maximum atomic E-state index is 14.1. The van der Waals surface area contributed by atoms with Gasteiger partial charge in [0.2, 0.25) is 0 Å². The molecule has 0 aromatic heterocycles. The first kappa shape index (κ1) is 19.2. The molecule has 1 amide bonds. The zero-order chi connectivity index (χ0) is 21.3. The van der Waals surface area contributed by atoms with Crippen LogP contribution in [0.1, 0.15) is 39.2 Å². The predicted molar refractivity (Wildman–Crippen MR) is 120 cm³/mol. The lowest BCUT2D eigenvalue weighted by atomic mass is 9.67. The van der Waals surface area contributed by atoms with Gasteiger partial charge in [-0.2, -0.15) is 0 Å². The number of benzene rings is 2. The topological polar surface area (TPSA) is 61.4 Å². The molecular weight excluding hydrogens is 398 g/mol. The van der Waals surface area contributed by atoms with Crippen LogP contribution < -0.4 is 15.5 Å². The Hall–Kier alpha value is -2.79. The lowest BCUT2D eigenvalue weighted by molar-refractivity contribution is -0.128. The van der Waals surface area contributed by atoms with Gasteiger partial charge in [-0.25, -0.2) is 0 Å². The third-order valence-corrected chi connectivity index (χ3v) is 6.82. The molecule has 1 spiro atoms. The summed E-state index contributed by atoms with van der Waals surface area (Å²) in [5.74, 6) is -0.145. The van der Waals surface area contributed by atoms with Gasteiger partial charge in [0.05, 0.1) is 22.6 Å². The minimum atomic E-state index is -1.31. The minimum absolute atomic E-state index is 0.00575. The fourth-order valence-corrected chi connectivity index (χ4v) is 5.12. The summed E-state index contributed by atoms with van der Waals surface area (Å²) in [5.41, 5.74) is 2.65. The van der Waals surface area contributed by atoms with Gasteiger partial charge in [-0.15, -0.1) is 0 Å². The number of ketones is 1. The molecule has 1 unspecified atom stereocenters. The van der Waals surface area contributed by atoms with Crippen molar-refractivity contribution in [3.63, 3.8) is 0 Å². The number of nitrogens with one attached hydrogen (secondary N) is 2. The Morgan fingerprint density at radius 1 is 1.10 bits per heavy atom. The van der Waals surface area contributed by atoms with Crippen molar-refractivity contribution in [2.75, 3.05) is 22.1 Å². The highest BCUT2D eigenvalue weighted by molar-refractivity contribution is 6.31. The molecule has 0 saturated heterocycles. The summed E-state index contributed by atoms with van der Waals surface area (Å²) in [6.45, 7) is 6.37. The van der Waals surface area contributed by atoms with Crippen LogP contribution in [0.5, 0.6) is 0 Å². The van der Waals surface area contributed by atoms with Gasteiger partial charge in [-0.3, -0.25) is 9.59 Å². The van der Waals surface area contributed by atoms with Gasteiger partial charge in [-0.05, 0) is 50.1 Å². The molecule has 2 heterocycles. The molecule has 30 heavy (non-hydrogen) atoms. The summed E-state index contributed by atoms with van der Waals surface area (Å²) in [4.78, 5) is 29.6. The summed E-state index contributed by atoms with van der Waals surface area (Å²) in [7, 11) is 0. The number of carbonyl (C=O) groups is 2. The second-order valence-corrected chi connectivity index (χ2v) is 9.26. The molecule has 2 N–H and O–H groups in total. The van der Waals surface area contributed by atoms with Crippen LogP contribution >= 0.6 is 11.6 Å². The number of nitrogens with zero attached hydrogens (tertiary/aromatic N) is 1. The van der Waals surface area contributed by atoms with Crippen molar-refractivity contribution < 1.29 is 9.59 Å². The van der Waals surface area contributed by atoms with Crippen LogP contribution in [0.2, 0.25) is 5.02 Å². The maximum Gasteiger partial charge on any atom is 0.262 e. The largest absolute Gasteiger partial charge is 0.362 e. The standard InChI is InChI=1S/C24H24ClN3O2/c1-4-28-19-10-9-14(25)13-15(19)24(22(28)30)20-18(11-12-23(2,3)21(20)29)26-16-7-5-6-8-17(16)27-24/h5-10,13,26-27H,4,11-12H2,1-3H3. The quantitative estimate of drug-likeness (QED) is 0.673. The highest BCUT2D eigenvalue weighted by Gasteiger charge is 2.59. The average molecular weight is 422 g/mol. The van der Waals surface area contributed by atoms with Gasteiger partial charge in [0.1, 0.15) is 0 Å². The van der Waals surface area contributed by atoms with Crippen LogP contribution in [0.4, 0.5) is 17.1 Å². The number of hydrogen-bond donors (Lipinski definition) is 2. The van der Waals surface area contributed by atoms with Gasteiger partial charge in [0.25, 0.3) is 5.91 Å². The van der Waals surface area contributed by atoms with E-state index in [1.807, 2.05) is 57.2 Å². The molecule has 2 aliphatic heterocycles. The molecule has 6 heteroatoms. The Balaban J connectivity index is 1.88. The summed E-state index contributed by atoms with van der Waals surface area (Å²) in [6, 6.07) is 13.3. The molecule has 5 nitrogen and oxygen atoms in total. The lowest BCUT2D eigenvalue weighted by Gasteiger charge is -2.39. The van der Waals surface area contributed by atoms with Crippen LogP contribution in [-0.2, 0) is 15.1 Å². The van der Waals surface area contributed by atoms with E-state index in [1.165, 1.54) is 0 Å². The highest BCUT2D eigenvalue weighted by atomic mass is 35.5. The molecule has 0 fully saturated rings. The van der Waals surface area contributed by atoms with E-state index in [1.54, 1.807) is 11.0 Å². The first-order valence-electron chi connectivity index (χ1n) is 10.3. The second kappa shape index (κ2) is 6.35. The Kier molecular flexibility index (Phi) is 4.06. The number of para-hydroxylation sites is 2. The zero-order valence-electron chi connectivity index (χ0n) is 17.3. The number of Topliss-reactive ketones (excluding diaryl/α,β-unsaturated/α-hetero) is 1. The zero-order valence-corrected chi connectivity index (χ0v) is 18.1. The Bertz CT molecular complexity index is 1140. The Morgan fingerprint density at radius 3 is 2.57 bits per heavy atom. The average Bonchev–Trinajstić information content (AvgIpc) is 2.85. The summed E-state index contributed by atoms with van der Waals surface area (Å²) in [6.07, 6.45) is 1.42. The van der Waals surface area contributed by atoms with E-state index in [4.69, 9.17) is 11.6 Å². The number of fused-ring (bicyclic) bond motifs is 4. The molecule has 3 aliphatic rings. The van der Waals surface area contributed by atoms with Crippen LogP contribution in [0.25, 0.3) is 0 Å². The lowest BCUT2D eigenvalue weighted by Crippen LogP contribution is -2.52. The number of rotatable bonds is 1. The first-order chi connectivity index (χ1) is 14.3. The van der Waals surface area contributed by atoms with Crippen molar-refractivity contribution in [2.45, 2.75) is 39.2 Å². The van der Waals surface area contributed by atoms with Gasteiger partial charge in [0.15, 0.2) is 11.3 Å². The highest BCUT2D eigenvalue weighted by Crippen LogP contribution is 2.54. The minimum Gasteiger partial charge on any atom is -0.362 e. The number of allylic oxidation sites excluding steroid dienone is 1. The summed E-state index contributed by atoms with van der Waals surface area (Å²) in [5, 5.41) is 7.52. The van der Waals surface area contributed by atoms with Crippen molar-refractivity contribution in [3.05, 3.63) is 64.3 Å². The van der Waals surface area contributed by atoms with E-state index in [-0.39, 0.29) is 11.7 Å². The van der Waals surface area contributed by atoms with Gasteiger partial charge in [-0.1, -0.05) is 37.6 Å². The molecule has 0 saturated carbocycles. The van der Waals surface area contributed by atoms with E-state index >= 15 is 0 Å². The Morgan fingerprint density at radius 2 is 1.83 bits per heavy atom. The van der Waals surface area contributed by atoms with E-state index in [0.717, 1.165) is 34.7 Å².